The quantitative estimate of drug-likeness (QED) is 0.706. The Hall–Kier alpha value is -0.700. The molecule has 1 aromatic rings. The molecule has 70 valence electrons. The lowest BCUT2D eigenvalue weighted by molar-refractivity contribution is 0.0668. The van der Waals surface area contributed by atoms with E-state index in [1.165, 1.54) is 0 Å². The Morgan fingerprint density at radius 1 is 1.38 bits per heavy atom. The first-order valence-corrected chi connectivity index (χ1v) is 5.12. The van der Waals surface area contributed by atoms with Crippen molar-refractivity contribution in [3.05, 3.63) is 24.3 Å². The summed E-state index contributed by atoms with van der Waals surface area (Å²) in [5.74, 6) is 1.64. The van der Waals surface area contributed by atoms with Gasteiger partial charge in [-0.15, -0.1) is 0 Å². The van der Waals surface area contributed by atoms with Crippen molar-refractivity contribution < 1.29 is 9.47 Å². The van der Waals surface area contributed by atoms with Crippen molar-refractivity contribution in [1.82, 2.24) is 0 Å². The molecule has 13 heavy (non-hydrogen) atoms. The van der Waals surface area contributed by atoms with Gasteiger partial charge in [0.25, 0.3) is 0 Å². The van der Waals surface area contributed by atoms with E-state index >= 15 is 0 Å². The Balaban J connectivity index is 2.29. The molecule has 2 rings (SSSR count). The van der Waals surface area contributed by atoms with Crippen LogP contribution in [0.3, 0.4) is 0 Å². The summed E-state index contributed by atoms with van der Waals surface area (Å²) in [6.45, 7) is 2.62. The van der Waals surface area contributed by atoms with Crippen LogP contribution in [0.25, 0.3) is 0 Å². The van der Waals surface area contributed by atoms with E-state index < -0.39 is 0 Å². The Bertz CT molecular complexity index is 314. The average molecular weight is 243 g/mol. The zero-order chi connectivity index (χ0) is 9.31. The molecule has 0 N–H and O–H groups in total. The number of hydrogen-bond donors (Lipinski definition) is 0. The summed E-state index contributed by atoms with van der Waals surface area (Å²) in [4.78, 5) is 0. The van der Waals surface area contributed by atoms with Crippen molar-refractivity contribution in [1.29, 1.82) is 0 Å². The van der Waals surface area contributed by atoms with Crippen molar-refractivity contribution >= 4 is 15.9 Å². The summed E-state index contributed by atoms with van der Waals surface area (Å²) in [6.07, 6.45) is 0.876. The zero-order valence-corrected chi connectivity index (χ0v) is 9.00. The van der Waals surface area contributed by atoms with E-state index in [4.69, 9.17) is 9.47 Å². The molecule has 3 heteroatoms. The van der Waals surface area contributed by atoms with Crippen molar-refractivity contribution in [2.24, 2.45) is 0 Å². The molecular formula is C10H11BrO2. The Morgan fingerprint density at radius 3 is 2.77 bits per heavy atom. The molecule has 0 unspecified atom stereocenters. The number of rotatable bonds is 1. The first kappa shape index (κ1) is 8.88. The fourth-order valence-corrected chi connectivity index (χ4v) is 1.53. The molecule has 0 fully saturated rings. The van der Waals surface area contributed by atoms with Gasteiger partial charge in [-0.2, -0.15) is 0 Å². The highest BCUT2D eigenvalue weighted by atomic mass is 79.9. The minimum absolute atomic E-state index is 0.346. The minimum Gasteiger partial charge on any atom is -0.485 e. The second-order valence-electron chi connectivity index (χ2n) is 3.07. The van der Waals surface area contributed by atoms with Crippen LogP contribution in [0.4, 0.5) is 0 Å². The molecule has 0 saturated heterocycles. The lowest BCUT2D eigenvalue weighted by Gasteiger charge is -2.32. The molecule has 1 heterocycles. The summed E-state index contributed by atoms with van der Waals surface area (Å²) in [6, 6.07) is 7.71. The molecular weight excluding hydrogens is 232 g/mol. The van der Waals surface area contributed by atoms with E-state index in [0.29, 0.717) is 6.61 Å². The van der Waals surface area contributed by atoms with Gasteiger partial charge in [0.1, 0.15) is 6.61 Å². The van der Waals surface area contributed by atoms with Gasteiger partial charge in [0.2, 0.25) is 0 Å². The van der Waals surface area contributed by atoms with Crippen LogP contribution in [0.2, 0.25) is 0 Å². The molecule has 0 amide bonds. The van der Waals surface area contributed by atoms with Crippen LogP contribution in [0.5, 0.6) is 11.5 Å². The van der Waals surface area contributed by atoms with Gasteiger partial charge in [0, 0.05) is 0 Å². The molecule has 0 saturated carbocycles. The number of hydrogen-bond acceptors (Lipinski definition) is 2. The molecule has 2 nitrogen and oxygen atoms in total. The van der Waals surface area contributed by atoms with Crippen LogP contribution in [-0.2, 0) is 0 Å². The smallest absolute Gasteiger partial charge is 0.196 e. The van der Waals surface area contributed by atoms with Crippen LogP contribution in [0, 0.1) is 0 Å². The van der Waals surface area contributed by atoms with Gasteiger partial charge < -0.3 is 9.47 Å². The molecule has 1 aliphatic heterocycles. The first-order chi connectivity index (χ1) is 6.23. The van der Waals surface area contributed by atoms with Crippen LogP contribution in [-0.4, -0.2) is 11.1 Å². The molecule has 1 aliphatic rings. The highest BCUT2D eigenvalue weighted by Gasteiger charge is 2.32. The fraction of sp³-hybridized carbons (Fsp3) is 0.400. The summed E-state index contributed by atoms with van der Waals surface area (Å²) in [5.41, 5.74) is 0. The highest BCUT2D eigenvalue weighted by Crippen LogP contribution is 2.38. The SMILES string of the molecule is CC[C@]1(Br)COc2ccccc2O1. The van der Waals surface area contributed by atoms with E-state index in [-0.39, 0.29) is 4.51 Å². The normalized spacial score (nSPS) is 25.7. The molecule has 0 radical (unpaired) electrons. The third-order valence-electron chi connectivity index (χ3n) is 2.11. The standard InChI is InChI=1S/C10H11BrO2/c1-2-10(11)7-12-8-5-3-4-6-9(8)13-10/h3-6H,2,7H2,1H3/t10-/m1/s1. The number of benzene rings is 1. The van der Waals surface area contributed by atoms with Crippen LogP contribution in [0.15, 0.2) is 24.3 Å². The summed E-state index contributed by atoms with van der Waals surface area (Å²) >= 11 is 3.52. The fourth-order valence-electron chi connectivity index (χ4n) is 1.24. The minimum atomic E-state index is -0.346. The molecule has 0 bridgehead atoms. The van der Waals surface area contributed by atoms with Crippen molar-refractivity contribution in [2.75, 3.05) is 6.61 Å². The summed E-state index contributed by atoms with van der Waals surface area (Å²) < 4.78 is 11.0. The van der Waals surface area contributed by atoms with E-state index in [1.807, 2.05) is 24.3 Å². The van der Waals surface area contributed by atoms with Gasteiger partial charge in [-0.1, -0.05) is 19.1 Å². The van der Waals surface area contributed by atoms with Crippen LogP contribution in [0.1, 0.15) is 13.3 Å². The maximum absolute atomic E-state index is 5.76. The van der Waals surface area contributed by atoms with Gasteiger partial charge in [-0.25, -0.2) is 0 Å². The number of halogens is 1. The number of ether oxygens (including phenoxy) is 2. The lowest BCUT2D eigenvalue weighted by Crippen LogP contribution is -2.38. The Morgan fingerprint density at radius 2 is 2.08 bits per heavy atom. The molecule has 0 aromatic heterocycles. The van der Waals surface area contributed by atoms with Crippen molar-refractivity contribution in [2.45, 2.75) is 17.9 Å². The van der Waals surface area contributed by atoms with Gasteiger partial charge in [0.05, 0.1) is 0 Å². The third-order valence-corrected chi connectivity index (χ3v) is 3.06. The molecule has 0 aliphatic carbocycles. The number of para-hydroxylation sites is 2. The van der Waals surface area contributed by atoms with Gasteiger partial charge in [-0.05, 0) is 34.5 Å². The predicted octanol–water partition coefficient (Wildman–Crippen LogP) is 2.96. The van der Waals surface area contributed by atoms with Gasteiger partial charge in [-0.3, -0.25) is 0 Å². The predicted molar refractivity (Wildman–Crippen MR) is 54.5 cm³/mol. The summed E-state index contributed by atoms with van der Waals surface area (Å²) in [7, 11) is 0. The zero-order valence-electron chi connectivity index (χ0n) is 7.42. The van der Waals surface area contributed by atoms with E-state index in [0.717, 1.165) is 17.9 Å². The summed E-state index contributed by atoms with van der Waals surface area (Å²) in [5, 5.41) is 0. The van der Waals surface area contributed by atoms with E-state index in [2.05, 4.69) is 22.9 Å². The first-order valence-electron chi connectivity index (χ1n) is 4.33. The number of alkyl halides is 1. The maximum atomic E-state index is 5.76. The van der Waals surface area contributed by atoms with Crippen molar-refractivity contribution in [3.8, 4) is 11.5 Å². The topological polar surface area (TPSA) is 18.5 Å². The lowest BCUT2D eigenvalue weighted by atomic mass is 10.2. The maximum Gasteiger partial charge on any atom is 0.196 e. The second-order valence-corrected chi connectivity index (χ2v) is 4.52. The largest absolute Gasteiger partial charge is 0.485 e. The Kier molecular flexibility index (Phi) is 2.20. The van der Waals surface area contributed by atoms with Crippen LogP contribution >= 0.6 is 15.9 Å². The number of fused-ring (bicyclic) bond motifs is 1. The Labute approximate surface area is 86.0 Å². The molecule has 0 spiro atoms. The van der Waals surface area contributed by atoms with Gasteiger partial charge >= 0.3 is 0 Å². The highest BCUT2D eigenvalue weighted by molar-refractivity contribution is 9.10. The average Bonchev–Trinajstić information content (AvgIpc) is 2.18. The van der Waals surface area contributed by atoms with Crippen molar-refractivity contribution in [3.63, 3.8) is 0 Å². The van der Waals surface area contributed by atoms with E-state index in [9.17, 15) is 0 Å². The second kappa shape index (κ2) is 3.22. The third kappa shape index (κ3) is 1.66. The molecule has 1 aromatic carbocycles. The van der Waals surface area contributed by atoms with Gasteiger partial charge in [0.15, 0.2) is 16.0 Å². The van der Waals surface area contributed by atoms with E-state index in [1.54, 1.807) is 0 Å². The molecule has 1 atom stereocenters. The monoisotopic (exact) mass is 242 g/mol. The van der Waals surface area contributed by atoms with Crippen LogP contribution < -0.4 is 9.47 Å².